The molecule has 1 fully saturated rings. The molecule has 144 valence electrons. The van der Waals surface area contributed by atoms with Gasteiger partial charge in [0, 0.05) is 25.3 Å². The molecular weight excluding hydrogens is 338 g/mol. The summed E-state index contributed by atoms with van der Waals surface area (Å²) >= 11 is 0. The van der Waals surface area contributed by atoms with E-state index in [-0.39, 0.29) is 12.1 Å². The number of carbonyl (C=O) groups is 1. The summed E-state index contributed by atoms with van der Waals surface area (Å²) in [5, 5.41) is 6.14. The Bertz CT molecular complexity index is 727. The SMILES string of the molecule is CC(C)C(NC(=O)NCc1ccccc1N1CCOCC1)c1ccccc1. The van der Waals surface area contributed by atoms with E-state index in [0.717, 1.165) is 37.4 Å². The van der Waals surface area contributed by atoms with Crippen LogP contribution < -0.4 is 15.5 Å². The van der Waals surface area contributed by atoms with Crippen molar-refractivity contribution in [2.75, 3.05) is 31.2 Å². The zero-order chi connectivity index (χ0) is 19.1. The van der Waals surface area contributed by atoms with Crippen molar-refractivity contribution in [2.24, 2.45) is 5.92 Å². The van der Waals surface area contributed by atoms with Gasteiger partial charge in [-0.2, -0.15) is 0 Å². The van der Waals surface area contributed by atoms with Crippen LogP contribution in [0.25, 0.3) is 0 Å². The molecule has 1 saturated heterocycles. The first-order chi connectivity index (χ1) is 13.1. The van der Waals surface area contributed by atoms with Gasteiger partial charge >= 0.3 is 6.03 Å². The van der Waals surface area contributed by atoms with E-state index in [9.17, 15) is 4.79 Å². The molecule has 0 saturated carbocycles. The number of nitrogens with zero attached hydrogens (tertiary/aromatic N) is 1. The number of amides is 2. The Morgan fingerprint density at radius 3 is 2.41 bits per heavy atom. The van der Waals surface area contributed by atoms with Gasteiger partial charge in [0.05, 0.1) is 19.3 Å². The normalized spacial score (nSPS) is 15.4. The molecule has 0 radical (unpaired) electrons. The predicted octanol–water partition coefficient (Wildman–Crippen LogP) is 3.72. The van der Waals surface area contributed by atoms with Crippen molar-refractivity contribution in [1.29, 1.82) is 0 Å². The van der Waals surface area contributed by atoms with Crippen LogP contribution in [0.4, 0.5) is 10.5 Å². The molecule has 5 heteroatoms. The Morgan fingerprint density at radius 2 is 1.70 bits per heavy atom. The fourth-order valence-corrected chi connectivity index (χ4v) is 3.44. The third-order valence-electron chi connectivity index (χ3n) is 4.89. The van der Waals surface area contributed by atoms with Gasteiger partial charge < -0.3 is 20.3 Å². The number of nitrogens with one attached hydrogen (secondary N) is 2. The minimum Gasteiger partial charge on any atom is -0.378 e. The third-order valence-corrected chi connectivity index (χ3v) is 4.89. The molecule has 1 aliphatic rings. The molecule has 2 aromatic rings. The van der Waals surface area contributed by atoms with Crippen molar-refractivity contribution < 1.29 is 9.53 Å². The number of rotatable bonds is 6. The lowest BCUT2D eigenvalue weighted by Gasteiger charge is -2.30. The number of hydrogen-bond donors (Lipinski definition) is 2. The van der Waals surface area contributed by atoms with Gasteiger partial charge in [0.1, 0.15) is 0 Å². The minimum absolute atomic E-state index is 0.0133. The van der Waals surface area contributed by atoms with Gasteiger partial charge in [-0.15, -0.1) is 0 Å². The van der Waals surface area contributed by atoms with Gasteiger partial charge in [-0.25, -0.2) is 4.79 Å². The lowest BCUT2D eigenvalue weighted by atomic mass is 9.96. The average molecular weight is 367 g/mol. The zero-order valence-corrected chi connectivity index (χ0v) is 16.2. The maximum Gasteiger partial charge on any atom is 0.315 e. The average Bonchev–Trinajstić information content (AvgIpc) is 2.72. The number of anilines is 1. The topological polar surface area (TPSA) is 53.6 Å². The second-order valence-corrected chi connectivity index (χ2v) is 7.19. The van der Waals surface area contributed by atoms with Crippen LogP contribution in [0, 0.1) is 5.92 Å². The predicted molar refractivity (Wildman–Crippen MR) is 109 cm³/mol. The Balaban J connectivity index is 1.62. The van der Waals surface area contributed by atoms with E-state index >= 15 is 0 Å². The lowest BCUT2D eigenvalue weighted by molar-refractivity contribution is 0.122. The van der Waals surface area contributed by atoms with Crippen LogP contribution in [0.15, 0.2) is 54.6 Å². The highest BCUT2D eigenvalue weighted by Gasteiger charge is 2.19. The second kappa shape index (κ2) is 9.42. The molecule has 1 atom stereocenters. The first kappa shape index (κ1) is 19.2. The monoisotopic (exact) mass is 367 g/mol. The fourth-order valence-electron chi connectivity index (χ4n) is 3.44. The highest BCUT2D eigenvalue weighted by Crippen LogP contribution is 2.22. The van der Waals surface area contributed by atoms with Crippen molar-refractivity contribution in [3.63, 3.8) is 0 Å². The maximum absolute atomic E-state index is 12.5. The van der Waals surface area contributed by atoms with Crippen LogP contribution in [0.1, 0.15) is 31.0 Å². The molecule has 2 amide bonds. The summed E-state index contributed by atoms with van der Waals surface area (Å²) in [7, 11) is 0. The van der Waals surface area contributed by atoms with Crippen LogP contribution in [0.5, 0.6) is 0 Å². The Morgan fingerprint density at radius 1 is 1.04 bits per heavy atom. The van der Waals surface area contributed by atoms with Crippen LogP contribution >= 0.6 is 0 Å². The van der Waals surface area contributed by atoms with Crippen molar-refractivity contribution in [3.05, 3.63) is 65.7 Å². The molecule has 1 unspecified atom stereocenters. The van der Waals surface area contributed by atoms with Crippen LogP contribution in [-0.2, 0) is 11.3 Å². The second-order valence-electron chi connectivity index (χ2n) is 7.19. The largest absolute Gasteiger partial charge is 0.378 e. The Hall–Kier alpha value is -2.53. The van der Waals surface area contributed by atoms with Crippen LogP contribution in [0.3, 0.4) is 0 Å². The van der Waals surface area contributed by atoms with Gasteiger partial charge in [-0.1, -0.05) is 62.4 Å². The summed E-state index contributed by atoms with van der Waals surface area (Å²) < 4.78 is 5.45. The quantitative estimate of drug-likeness (QED) is 0.818. The molecule has 1 heterocycles. The summed E-state index contributed by atoms with van der Waals surface area (Å²) in [5.41, 5.74) is 3.41. The van der Waals surface area contributed by atoms with Crippen molar-refractivity contribution in [3.8, 4) is 0 Å². The fraction of sp³-hybridized carbons (Fsp3) is 0.409. The number of benzene rings is 2. The van der Waals surface area contributed by atoms with Gasteiger partial charge in [0.25, 0.3) is 0 Å². The van der Waals surface area contributed by atoms with Crippen molar-refractivity contribution in [1.82, 2.24) is 10.6 Å². The highest BCUT2D eigenvalue weighted by atomic mass is 16.5. The zero-order valence-electron chi connectivity index (χ0n) is 16.2. The first-order valence-corrected chi connectivity index (χ1v) is 9.65. The number of hydrogen-bond acceptors (Lipinski definition) is 3. The van der Waals surface area contributed by atoms with Crippen molar-refractivity contribution >= 4 is 11.7 Å². The van der Waals surface area contributed by atoms with E-state index < -0.39 is 0 Å². The number of urea groups is 1. The molecule has 0 aromatic heterocycles. The molecule has 2 aromatic carbocycles. The van der Waals surface area contributed by atoms with Gasteiger partial charge in [0.2, 0.25) is 0 Å². The number of para-hydroxylation sites is 1. The third kappa shape index (κ3) is 5.23. The molecular formula is C22H29N3O2. The maximum atomic E-state index is 12.5. The summed E-state index contributed by atoms with van der Waals surface area (Å²) in [6.07, 6.45) is 0. The van der Waals surface area contributed by atoms with Crippen LogP contribution in [-0.4, -0.2) is 32.3 Å². The van der Waals surface area contributed by atoms with Gasteiger partial charge in [-0.3, -0.25) is 0 Å². The van der Waals surface area contributed by atoms with Gasteiger partial charge in [0.15, 0.2) is 0 Å². The number of ether oxygens (including phenoxy) is 1. The molecule has 5 nitrogen and oxygen atoms in total. The standard InChI is InChI=1S/C22H29N3O2/c1-17(2)21(18-8-4-3-5-9-18)24-22(26)23-16-19-10-6-7-11-20(19)25-12-14-27-15-13-25/h3-11,17,21H,12-16H2,1-2H3,(H2,23,24,26). The van der Waals surface area contributed by atoms with Crippen LogP contribution in [0.2, 0.25) is 0 Å². The summed E-state index contributed by atoms with van der Waals surface area (Å²) in [5.74, 6) is 0.304. The molecule has 0 spiro atoms. The summed E-state index contributed by atoms with van der Waals surface area (Å²) in [6.45, 7) is 7.99. The first-order valence-electron chi connectivity index (χ1n) is 9.65. The summed E-state index contributed by atoms with van der Waals surface area (Å²) in [6, 6.07) is 18.2. The van der Waals surface area contributed by atoms with E-state index in [1.165, 1.54) is 5.69 Å². The minimum atomic E-state index is -0.144. The van der Waals surface area contributed by atoms with Gasteiger partial charge in [-0.05, 0) is 23.1 Å². The van der Waals surface area contributed by atoms with E-state index in [4.69, 9.17) is 4.74 Å². The number of carbonyl (C=O) groups excluding carboxylic acids is 1. The lowest BCUT2D eigenvalue weighted by Crippen LogP contribution is -2.40. The highest BCUT2D eigenvalue weighted by molar-refractivity contribution is 5.74. The molecule has 27 heavy (non-hydrogen) atoms. The number of morpholine rings is 1. The Labute approximate surface area is 161 Å². The Kier molecular flexibility index (Phi) is 6.71. The van der Waals surface area contributed by atoms with Crippen molar-refractivity contribution in [2.45, 2.75) is 26.4 Å². The van der Waals surface area contributed by atoms with E-state index in [0.29, 0.717) is 12.5 Å². The molecule has 1 aliphatic heterocycles. The van der Waals surface area contributed by atoms with E-state index in [1.807, 2.05) is 30.3 Å². The molecule has 0 bridgehead atoms. The molecule has 2 N–H and O–H groups in total. The molecule has 0 aliphatic carbocycles. The van der Waals surface area contributed by atoms with E-state index in [1.54, 1.807) is 0 Å². The van der Waals surface area contributed by atoms with E-state index in [2.05, 4.69) is 53.6 Å². The summed E-state index contributed by atoms with van der Waals surface area (Å²) in [4.78, 5) is 14.9. The molecule has 3 rings (SSSR count). The smallest absolute Gasteiger partial charge is 0.315 e.